The molecule has 0 amide bonds. The van der Waals surface area contributed by atoms with Crippen molar-refractivity contribution in [2.45, 2.75) is 13.8 Å². The minimum Gasteiger partial charge on any atom is -0.423 e. The van der Waals surface area contributed by atoms with Crippen LogP contribution in [0.25, 0.3) is 0 Å². The molecule has 0 aliphatic carbocycles. The summed E-state index contributed by atoms with van der Waals surface area (Å²) in [7, 11) is 0. The zero-order valence-electron chi connectivity index (χ0n) is 11.1. The predicted octanol–water partition coefficient (Wildman–Crippen LogP) is 3.43. The van der Waals surface area contributed by atoms with Gasteiger partial charge in [0, 0.05) is 12.1 Å². The van der Waals surface area contributed by atoms with E-state index < -0.39 is 10.9 Å². The summed E-state index contributed by atoms with van der Waals surface area (Å²) < 4.78 is 5.30. The van der Waals surface area contributed by atoms with Crippen molar-refractivity contribution < 1.29 is 14.5 Å². The van der Waals surface area contributed by atoms with Gasteiger partial charge in [0.25, 0.3) is 5.69 Å². The Kier molecular flexibility index (Phi) is 3.79. The first-order valence-electron chi connectivity index (χ1n) is 6.02. The van der Waals surface area contributed by atoms with Crippen LogP contribution in [0.2, 0.25) is 0 Å². The number of esters is 1. The molecule has 0 saturated carbocycles. The van der Waals surface area contributed by atoms with E-state index in [0.717, 1.165) is 11.1 Å². The van der Waals surface area contributed by atoms with Gasteiger partial charge in [-0.25, -0.2) is 4.79 Å². The van der Waals surface area contributed by atoms with E-state index in [0.29, 0.717) is 5.75 Å². The number of nitro benzene ring substituents is 1. The highest BCUT2D eigenvalue weighted by Crippen LogP contribution is 2.22. The molecule has 20 heavy (non-hydrogen) atoms. The second-order valence-corrected chi connectivity index (χ2v) is 4.39. The van der Waals surface area contributed by atoms with E-state index in [1.165, 1.54) is 24.3 Å². The van der Waals surface area contributed by atoms with Gasteiger partial charge < -0.3 is 4.74 Å². The Morgan fingerprint density at radius 2 is 1.75 bits per heavy atom. The topological polar surface area (TPSA) is 69.4 Å². The van der Waals surface area contributed by atoms with Crippen molar-refractivity contribution in [3.8, 4) is 5.75 Å². The summed E-state index contributed by atoms with van der Waals surface area (Å²) in [6, 6.07) is 10.8. The number of hydrogen-bond acceptors (Lipinski definition) is 4. The summed E-state index contributed by atoms with van der Waals surface area (Å²) in [5, 5.41) is 10.5. The van der Waals surface area contributed by atoms with Crippen LogP contribution >= 0.6 is 0 Å². The molecule has 0 spiro atoms. The van der Waals surface area contributed by atoms with Crippen LogP contribution in [0, 0.1) is 24.0 Å². The SMILES string of the molecule is Cc1cccc(OC(=O)c2ccc([N+](=O)[O-])cc2)c1C. The van der Waals surface area contributed by atoms with Gasteiger partial charge in [0.05, 0.1) is 10.5 Å². The van der Waals surface area contributed by atoms with Crippen LogP contribution in [0.3, 0.4) is 0 Å². The summed E-state index contributed by atoms with van der Waals surface area (Å²) in [6.45, 7) is 3.80. The van der Waals surface area contributed by atoms with Gasteiger partial charge in [-0.2, -0.15) is 0 Å². The van der Waals surface area contributed by atoms with E-state index in [9.17, 15) is 14.9 Å². The smallest absolute Gasteiger partial charge is 0.343 e. The Bertz CT molecular complexity index is 662. The van der Waals surface area contributed by atoms with E-state index in [1.807, 2.05) is 19.9 Å². The molecule has 5 heteroatoms. The zero-order chi connectivity index (χ0) is 14.7. The molecule has 0 aliphatic rings. The minimum atomic E-state index is -0.534. The number of nitro groups is 1. The number of nitrogens with zero attached hydrogens (tertiary/aromatic N) is 1. The standard InChI is InChI=1S/C15H13NO4/c1-10-4-3-5-14(11(10)2)20-15(17)12-6-8-13(9-7-12)16(18)19/h3-9H,1-2H3. The van der Waals surface area contributed by atoms with Crippen LogP contribution in [0.1, 0.15) is 21.5 Å². The van der Waals surface area contributed by atoms with Crippen molar-refractivity contribution in [1.82, 2.24) is 0 Å². The first-order chi connectivity index (χ1) is 9.49. The molecular weight excluding hydrogens is 258 g/mol. The van der Waals surface area contributed by atoms with Gasteiger partial charge >= 0.3 is 5.97 Å². The summed E-state index contributed by atoms with van der Waals surface area (Å²) >= 11 is 0. The summed E-state index contributed by atoms with van der Waals surface area (Å²) in [6.07, 6.45) is 0. The average molecular weight is 271 g/mol. The molecule has 0 bridgehead atoms. The lowest BCUT2D eigenvalue weighted by atomic mass is 10.1. The molecule has 0 unspecified atom stereocenters. The maximum absolute atomic E-state index is 12.0. The monoisotopic (exact) mass is 271 g/mol. The fraction of sp³-hybridized carbons (Fsp3) is 0.133. The van der Waals surface area contributed by atoms with Crippen molar-refractivity contribution in [2.75, 3.05) is 0 Å². The van der Waals surface area contributed by atoms with Gasteiger partial charge in [-0.1, -0.05) is 12.1 Å². The lowest BCUT2D eigenvalue weighted by molar-refractivity contribution is -0.384. The van der Waals surface area contributed by atoms with Crippen LogP contribution in [0.15, 0.2) is 42.5 Å². The molecule has 2 rings (SSSR count). The maximum atomic E-state index is 12.0. The van der Waals surface area contributed by atoms with Crippen LogP contribution in [-0.2, 0) is 0 Å². The fourth-order valence-electron chi connectivity index (χ4n) is 1.71. The molecule has 2 aromatic rings. The summed E-state index contributed by atoms with van der Waals surface area (Å²) in [5.41, 5.74) is 2.13. The van der Waals surface area contributed by atoms with E-state index in [1.54, 1.807) is 12.1 Å². The molecule has 0 aliphatic heterocycles. The van der Waals surface area contributed by atoms with Gasteiger partial charge in [-0.05, 0) is 43.2 Å². The van der Waals surface area contributed by atoms with Crippen LogP contribution in [0.5, 0.6) is 5.75 Å². The van der Waals surface area contributed by atoms with E-state index >= 15 is 0 Å². The second-order valence-electron chi connectivity index (χ2n) is 4.39. The third-order valence-electron chi connectivity index (χ3n) is 3.07. The Balaban J connectivity index is 2.20. The molecule has 0 radical (unpaired) electrons. The third kappa shape index (κ3) is 2.83. The largest absolute Gasteiger partial charge is 0.423 e. The summed E-state index contributed by atoms with van der Waals surface area (Å²) in [4.78, 5) is 22.0. The van der Waals surface area contributed by atoms with Crippen molar-refractivity contribution in [1.29, 1.82) is 0 Å². The van der Waals surface area contributed by atoms with Gasteiger partial charge in [0.1, 0.15) is 5.75 Å². The number of ether oxygens (including phenoxy) is 1. The number of benzene rings is 2. The lowest BCUT2D eigenvalue weighted by Gasteiger charge is -2.09. The molecule has 5 nitrogen and oxygen atoms in total. The van der Waals surface area contributed by atoms with Crippen LogP contribution in [0.4, 0.5) is 5.69 Å². The van der Waals surface area contributed by atoms with Crippen LogP contribution < -0.4 is 4.74 Å². The molecule has 0 atom stereocenters. The molecule has 0 heterocycles. The number of carbonyl (C=O) groups excluding carboxylic acids is 1. The molecular formula is C15H13NO4. The summed E-state index contributed by atoms with van der Waals surface area (Å²) in [5.74, 6) is -0.0399. The molecule has 0 saturated heterocycles. The molecule has 0 fully saturated rings. The van der Waals surface area contributed by atoms with Gasteiger partial charge in [0.15, 0.2) is 0 Å². The molecule has 102 valence electrons. The number of non-ortho nitro benzene ring substituents is 1. The molecule has 0 N–H and O–H groups in total. The maximum Gasteiger partial charge on any atom is 0.343 e. The second kappa shape index (κ2) is 5.52. The number of carbonyl (C=O) groups is 1. The van der Waals surface area contributed by atoms with E-state index in [-0.39, 0.29) is 11.3 Å². The number of hydrogen-bond donors (Lipinski definition) is 0. The number of aryl methyl sites for hydroxylation is 1. The highest BCUT2D eigenvalue weighted by Gasteiger charge is 2.13. The molecule has 2 aromatic carbocycles. The van der Waals surface area contributed by atoms with Crippen molar-refractivity contribution >= 4 is 11.7 Å². The van der Waals surface area contributed by atoms with Gasteiger partial charge in [-0.15, -0.1) is 0 Å². The first-order valence-corrected chi connectivity index (χ1v) is 6.02. The predicted molar refractivity (Wildman–Crippen MR) is 74.0 cm³/mol. The van der Waals surface area contributed by atoms with E-state index in [2.05, 4.69) is 0 Å². The third-order valence-corrected chi connectivity index (χ3v) is 3.07. The fourth-order valence-corrected chi connectivity index (χ4v) is 1.71. The van der Waals surface area contributed by atoms with E-state index in [4.69, 9.17) is 4.74 Å². The molecule has 0 aromatic heterocycles. The van der Waals surface area contributed by atoms with Crippen molar-refractivity contribution in [3.05, 3.63) is 69.3 Å². The van der Waals surface area contributed by atoms with Gasteiger partial charge in [-0.3, -0.25) is 10.1 Å². The van der Waals surface area contributed by atoms with Crippen LogP contribution in [-0.4, -0.2) is 10.9 Å². The van der Waals surface area contributed by atoms with Gasteiger partial charge in [0.2, 0.25) is 0 Å². The Morgan fingerprint density at radius 1 is 1.10 bits per heavy atom. The normalized spacial score (nSPS) is 10.1. The average Bonchev–Trinajstić information content (AvgIpc) is 2.44. The minimum absolute atomic E-state index is 0.0618. The van der Waals surface area contributed by atoms with Crippen molar-refractivity contribution in [2.24, 2.45) is 0 Å². The van der Waals surface area contributed by atoms with Crippen molar-refractivity contribution in [3.63, 3.8) is 0 Å². The number of rotatable bonds is 3. The Labute approximate surface area is 116 Å². The quantitative estimate of drug-likeness (QED) is 0.371. The highest BCUT2D eigenvalue weighted by atomic mass is 16.6. The first kappa shape index (κ1) is 13.7. The Hall–Kier alpha value is -2.69. The lowest BCUT2D eigenvalue weighted by Crippen LogP contribution is -2.09. The highest BCUT2D eigenvalue weighted by molar-refractivity contribution is 5.91. The zero-order valence-corrected chi connectivity index (χ0v) is 11.1. The Morgan fingerprint density at radius 3 is 2.35 bits per heavy atom.